The third-order valence-electron chi connectivity index (χ3n) is 5.16. The Morgan fingerprint density at radius 3 is 2.63 bits per heavy atom. The van der Waals surface area contributed by atoms with Crippen molar-refractivity contribution in [3.8, 4) is 11.1 Å². The molecule has 0 spiro atoms. The molecule has 0 aromatic heterocycles. The number of hydrogen-bond donors (Lipinski definition) is 1. The third-order valence-corrected chi connectivity index (χ3v) is 5.16. The van der Waals surface area contributed by atoms with Crippen molar-refractivity contribution in [1.29, 1.82) is 0 Å². The maximum atomic E-state index is 12.6. The maximum absolute atomic E-state index is 12.6. The zero-order valence-electron chi connectivity index (χ0n) is 16.2. The zero-order chi connectivity index (χ0) is 19.2. The highest BCUT2D eigenvalue weighted by atomic mass is 16.2. The lowest BCUT2D eigenvalue weighted by Gasteiger charge is -2.23. The molecule has 1 aliphatic heterocycles. The molecule has 4 heteroatoms. The fourth-order valence-electron chi connectivity index (χ4n) is 3.63. The number of amides is 2. The summed E-state index contributed by atoms with van der Waals surface area (Å²) >= 11 is 0. The Morgan fingerprint density at radius 2 is 1.89 bits per heavy atom. The first kappa shape index (κ1) is 19.2. The van der Waals surface area contributed by atoms with Crippen LogP contribution in [0, 0.1) is 12.8 Å². The van der Waals surface area contributed by atoms with Crippen LogP contribution >= 0.6 is 0 Å². The lowest BCUT2D eigenvalue weighted by atomic mass is 9.91. The van der Waals surface area contributed by atoms with E-state index in [1.165, 1.54) is 5.56 Å². The summed E-state index contributed by atoms with van der Waals surface area (Å²) in [6.07, 6.45) is 2.00. The Kier molecular flexibility index (Phi) is 6.28. The van der Waals surface area contributed by atoms with E-state index in [1.807, 2.05) is 24.0 Å². The van der Waals surface area contributed by atoms with Gasteiger partial charge in [-0.15, -0.1) is 0 Å². The molecule has 1 atom stereocenters. The van der Waals surface area contributed by atoms with E-state index in [0.717, 1.165) is 23.1 Å². The van der Waals surface area contributed by atoms with Crippen LogP contribution in [0.1, 0.15) is 30.9 Å². The van der Waals surface area contributed by atoms with Crippen LogP contribution in [0.5, 0.6) is 0 Å². The van der Waals surface area contributed by atoms with E-state index < -0.39 is 0 Å². The molecule has 1 fully saturated rings. The molecule has 2 aromatic carbocycles. The number of rotatable bonds is 5. The monoisotopic (exact) mass is 364 g/mol. The Labute approximate surface area is 161 Å². The quantitative estimate of drug-likeness (QED) is 0.882. The summed E-state index contributed by atoms with van der Waals surface area (Å²) in [6.45, 7) is 5.71. The third kappa shape index (κ3) is 4.76. The summed E-state index contributed by atoms with van der Waals surface area (Å²) < 4.78 is 0. The number of nitrogens with zero attached hydrogens (tertiary/aromatic N) is 1. The SMILES string of the molecule is CCCC(=O)N1CCNC(=O)[C@@H](Cc2ccccc2-c2ccc(C)cc2)C1. The van der Waals surface area contributed by atoms with Crippen molar-refractivity contribution in [2.45, 2.75) is 33.1 Å². The Hall–Kier alpha value is -2.62. The van der Waals surface area contributed by atoms with Gasteiger partial charge in [-0.3, -0.25) is 9.59 Å². The minimum Gasteiger partial charge on any atom is -0.354 e. The average Bonchev–Trinajstić information content (AvgIpc) is 2.85. The molecular weight excluding hydrogens is 336 g/mol. The molecule has 27 heavy (non-hydrogen) atoms. The molecule has 1 N–H and O–H groups in total. The van der Waals surface area contributed by atoms with E-state index >= 15 is 0 Å². The van der Waals surface area contributed by atoms with Gasteiger partial charge >= 0.3 is 0 Å². The minimum atomic E-state index is -0.222. The van der Waals surface area contributed by atoms with Gasteiger partial charge in [-0.05, 0) is 36.5 Å². The smallest absolute Gasteiger partial charge is 0.225 e. The Morgan fingerprint density at radius 1 is 1.15 bits per heavy atom. The molecule has 3 rings (SSSR count). The molecule has 2 aromatic rings. The number of hydrogen-bond acceptors (Lipinski definition) is 2. The Bertz CT molecular complexity index is 798. The van der Waals surface area contributed by atoms with Crippen LogP contribution in [0.25, 0.3) is 11.1 Å². The van der Waals surface area contributed by atoms with Crippen LogP contribution in [0.15, 0.2) is 48.5 Å². The molecule has 1 saturated heterocycles. The van der Waals surface area contributed by atoms with Gasteiger partial charge in [0.1, 0.15) is 0 Å². The lowest BCUT2D eigenvalue weighted by Crippen LogP contribution is -2.37. The first-order valence-electron chi connectivity index (χ1n) is 9.79. The van der Waals surface area contributed by atoms with Crippen LogP contribution in [0.4, 0.5) is 0 Å². The van der Waals surface area contributed by atoms with Crippen molar-refractivity contribution in [3.05, 3.63) is 59.7 Å². The highest BCUT2D eigenvalue weighted by molar-refractivity contribution is 5.82. The molecule has 142 valence electrons. The summed E-state index contributed by atoms with van der Waals surface area (Å²) in [5.41, 5.74) is 4.68. The maximum Gasteiger partial charge on any atom is 0.225 e. The lowest BCUT2D eigenvalue weighted by molar-refractivity contribution is -0.132. The first-order valence-corrected chi connectivity index (χ1v) is 9.79. The second-order valence-corrected chi connectivity index (χ2v) is 7.31. The highest BCUT2D eigenvalue weighted by Gasteiger charge is 2.28. The largest absolute Gasteiger partial charge is 0.354 e. The first-order chi connectivity index (χ1) is 13.1. The molecule has 0 bridgehead atoms. The van der Waals surface area contributed by atoms with E-state index in [9.17, 15) is 9.59 Å². The number of carbonyl (C=O) groups excluding carboxylic acids is 2. The summed E-state index contributed by atoms with van der Waals surface area (Å²) in [6, 6.07) is 16.7. The molecule has 4 nitrogen and oxygen atoms in total. The van der Waals surface area contributed by atoms with Crippen molar-refractivity contribution in [1.82, 2.24) is 10.2 Å². The molecule has 1 heterocycles. The predicted octanol–water partition coefficient (Wildman–Crippen LogP) is 3.58. The van der Waals surface area contributed by atoms with Crippen molar-refractivity contribution in [3.63, 3.8) is 0 Å². The minimum absolute atomic E-state index is 0.0421. The second kappa shape index (κ2) is 8.85. The van der Waals surface area contributed by atoms with Crippen LogP contribution in [-0.2, 0) is 16.0 Å². The average molecular weight is 364 g/mol. The van der Waals surface area contributed by atoms with Gasteiger partial charge in [0.25, 0.3) is 0 Å². The zero-order valence-corrected chi connectivity index (χ0v) is 16.2. The summed E-state index contributed by atoms with van der Waals surface area (Å²) in [5.74, 6) is -0.0359. The van der Waals surface area contributed by atoms with Gasteiger partial charge in [0.2, 0.25) is 11.8 Å². The van der Waals surface area contributed by atoms with Crippen LogP contribution in [-0.4, -0.2) is 36.3 Å². The molecular formula is C23H28N2O2. The fraction of sp³-hybridized carbons (Fsp3) is 0.391. The number of aryl methyl sites for hydroxylation is 1. The van der Waals surface area contributed by atoms with Gasteiger partial charge in [0, 0.05) is 26.1 Å². The number of carbonyl (C=O) groups is 2. The summed E-state index contributed by atoms with van der Waals surface area (Å²) in [5, 5.41) is 2.98. The van der Waals surface area contributed by atoms with Crippen molar-refractivity contribution in [2.24, 2.45) is 5.92 Å². The van der Waals surface area contributed by atoms with E-state index in [0.29, 0.717) is 32.5 Å². The van der Waals surface area contributed by atoms with Gasteiger partial charge in [-0.2, -0.15) is 0 Å². The van der Waals surface area contributed by atoms with Gasteiger partial charge < -0.3 is 10.2 Å². The normalized spacial score (nSPS) is 17.3. The van der Waals surface area contributed by atoms with Crippen LogP contribution in [0.2, 0.25) is 0 Å². The van der Waals surface area contributed by atoms with E-state index in [4.69, 9.17) is 0 Å². The second-order valence-electron chi connectivity index (χ2n) is 7.31. The van der Waals surface area contributed by atoms with Crippen LogP contribution < -0.4 is 5.32 Å². The molecule has 0 aliphatic carbocycles. The number of benzene rings is 2. The molecule has 1 aliphatic rings. The van der Waals surface area contributed by atoms with Crippen molar-refractivity contribution < 1.29 is 9.59 Å². The molecule has 0 saturated carbocycles. The predicted molar refractivity (Wildman–Crippen MR) is 108 cm³/mol. The van der Waals surface area contributed by atoms with Crippen molar-refractivity contribution >= 4 is 11.8 Å². The fourth-order valence-corrected chi connectivity index (χ4v) is 3.63. The van der Waals surface area contributed by atoms with Gasteiger partial charge in [-0.1, -0.05) is 61.0 Å². The van der Waals surface area contributed by atoms with E-state index in [-0.39, 0.29) is 17.7 Å². The van der Waals surface area contributed by atoms with Gasteiger partial charge in [0.05, 0.1) is 5.92 Å². The van der Waals surface area contributed by atoms with E-state index in [2.05, 4.69) is 48.6 Å². The van der Waals surface area contributed by atoms with E-state index in [1.54, 1.807) is 0 Å². The Balaban J connectivity index is 1.83. The summed E-state index contributed by atoms with van der Waals surface area (Å²) in [4.78, 5) is 26.8. The van der Waals surface area contributed by atoms with Gasteiger partial charge in [-0.25, -0.2) is 0 Å². The van der Waals surface area contributed by atoms with Crippen molar-refractivity contribution in [2.75, 3.05) is 19.6 Å². The van der Waals surface area contributed by atoms with Gasteiger partial charge in [0.15, 0.2) is 0 Å². The molecule has 2 amide bonds. The summed E-state index contributed by atoms with van der Waals surface area (Å²) in [7, 11) is 0. The van der Waals surface area contributed by atoms with Crippen LogP contribution in [0.3, 0.4) is 0 Å². The topological polar surface area (TPSA) is 49.4 Å². The standard InChI is InChI=1S/C23H28N2O2/c1-3-6-22(26)25-14-13-24-23(27)20(16-25)15-19-7-4-5-8-21(19)18-11-9-17(2)10-12-18/h4-5,7-12,20H,3,6,13-16H2,1-2H3,(H,24,27)/t20-/m0/s1. The highest BCUT2D eigenvalue weighted by Crippen LogP contribution is 2.27. The molecule has 0 unspecified atom stereocenters. The number of nitrogens with one attached hydrogen (secondary N) is 1. The molecule has 0 radical (unpaired) electrons.